The van der Waals surface area contributed by atoms with E-state index in [0.717, 1.165) is 17.7 Å². The van der Waals surface area contributed by atoms with Crippen LogP contribution in [0, 0.1) is 5.92 Å². The van der Waals surface area contributed by atoms with Crippen molar-refractivity contribution in [3.8, 4) is 5.75 Å². The molecule has 1 aromatic carbocycles. The predicted octanol–water partition coefficient (Wildman–Crippen LogP) is 3.53. The topological polar surface area (TPSA) is 35.5 Å². The molecule has 0 amide bonds. The molecule has 0 heterocycles. The van der Waals surface area contributed by atoms with Gasteiger partial charge in [-0.2, -0.15) is 0 Å². The van der Waals surface area contributed by atoms with Crippen molar-refractivity contribution in [1.82, 2.24) is 0 Å². The summed E-state index contributed by atoms with van der Waals surface area (Å²) in [5.74, 6) is 1.14. The predicted molar refractivity (Wildman–Crippen MR) is 74.3 cm³/mol. The van der Waals surface area contributed by atoms with Gasteiger partial charge in [-0.25, -0.2) is 0 Å². The molecule has 19 heavy (non-hydrogen) atoms. The van der Waals surface area contributed by atoms with Crippen molar-refractivity contribution in [1.29, 1.82) is 0 Å². The standard InChI is InChI=1S/C16H22O3/c1-18-14-9-5-8-13(11-14)15(16(17)19-2)10-12-6-3-4-7-12/h5,8-9,11-12,15H,3-4,6-7,10H2,1-2H3/t15-/m0/s1. The summed E-state index contributed by atoms with van der Waals surface area (Å²) in [6, 6.07) is 7.75. The summed E-state index contributed by atoms with van der Waals surface area (Å²) in [7, 11) is 3.10. The molecule has 3 nitrogen and oxygen atoms in total. The van der Waals surface area contributed by atoms with E-state index in [9.17, 15) is 4.79 Å². The van der Waals surface area contributed by atoms with Gasteiger partial charge in [0.25, 0.3) is 0 Å². The van der Waals surface area contributed by atoms with Crippen LogP contribution in [0.2, 0.25) is 0 Å². The molecule has 0 unspecified atom stereocenters. The lowest BCUT2D eigenvalue weighted by molar-refractivity contribution is -0.142. The van der Waals surface area contributed by atoms with Gasteiger partial charge >= 0.3 is 5.97 Å². The second-order valence-corrected chi connectivity index (χ2v) is 5.24. The summed E-state index contributed by atoms with van der Waals surface area (Å²) in [6.45, 7) is 0. The van der Waals surface area contributed by atoms with Crippen molar-refractivity contribution in [2.45, 2.75) is 38.0 Å². The van der Waals surface area contributed by atoms with Gasteiger partial charge in [0.05, 0.1) is 20.1 Å². The lowest BCUT2D eigenvalue weighted by Gasteiger charge is -2.19. The fourth-order valence-electron chi connectivity index (χ4n) is 2.95. The van der Waals surface area contributed by atoms with Crippen LogP contribution in [0.5, 0.6) is 5.75 Å². The van der Waals surface area contributed by atoms with Crippen LogP contribution in [0.15, 0.2) is 24.3 Å². The Morgan fingerprint density at radius 3 is 2.68 bits per heavy atom. The molecule has 2 rings (SSSR count). The highest BCUT2D eigenvalue weighted by Crippen LogP contribution is 2.35. The highest BCUT2D eigenvalue weighted by Gasteiger charge is 2.27. The Hall–Kier alpha value is -1.51. The Labute approximate surface area is 114 Å². The van der Waals surface area contributed by atoms with Crippen LogP contribution in [0.4, 0.5) is 0 Å². The number of ether oxygens (including phenoxy) is 2. The zero-order valence-electron chi connectivity index (χ0n) is 11.7. The maximum Gasteiger partial charge on any atom is 0.313 e. The van der Waals surface area contributed by atoms with Crippen molar-refractivity contribution in [2.24, 2.45) is 5.92 Å². The minimum absolute atomic E-state index is 0.139. The second kappa shape index (κ2) is 6.60. The molecule has 0 N–H and O–H groups in total. The van der Waals surface area contributed by atoms with E-state index in [4.69, 9.17) is 9.47 Å². The molecule has 1 fully saturated rings. The maximum absolute atomic E-state index is 12.0. The number of benzene rings is 1. The van der Waals surface area contributed by atoms with E-state index in [2.05, 4.69) is 0 Å². The third-order valence-electron chi connectivity index (χ3n) is 4.03. The Bertz CT molecular complexity index is 422. The first-order valence-corrected chi connectivity index (χ1v) is 6.96. The summed E-state index contributed by atoms with van der Waals surface area (Å²) in [4.78, 5) is 12.0. The lowest BCUT2D eigenvalue weighted by Crippen LogP contribution is -2.17. The zero-order valence-corrected chi connectivity index (χ0v) is 11.7. The quantitative estimate of drug-likeness (QED) is 0.761. The normalized spacial score (nSPS) is 17.2. The van der Waals surface area contributed by atoms with Gasteiger partial charge in [0.1, 0.15) is 5.75 Å². The number of esters is 1. The molecule has 0 saturated heterocycles. The van der Waals surface area contributed by atoms with Crippen LogP contribution >= 0.6 is 0 Å². The molecule has 0 aromatic heterocycles. The zero-order chi connectivity index (χ0) is 13.7. The van der Waals surface area contributed by atoms with Gasteiger partial charge < -0.3 is 9.47 Å². The smallest absolute Gasteiger partial charge is 0.313 e. The summed E-state index contributed by atoms with van der Waals surface area (Å²) in [6.07, 6.45) is 5.93. The number of carbonyl (C=O) groups is 1. The van der Waals surface area contributed by atoms with E-state index in [0.29, 0.717) is 5.92 Å². The molecule has 1 aliphatic rings. The highest BCUT2D eigenvalue weighted by molar-refractivity contribution is 5.78. The van der Waals surface area contributed by atoms with E-state index in [1.54, 1.807) is 7.11 Å². The Kier molecular flexibility index (Phi) is 4.83. The van der Waals surface area contributed by atoms with Crippen LogP contribution in [-0.4, -0.2) is 20.2 Å². The number of hydrogen-bond acceptors (Lipinski definition) is 3. The molecule has 0 aliphatic heterocycles. The summed E-state index contributed by atoms with van der Waals surface area (Å²) < 4.78 is 10.2. The van der Waals surface area contributed by atoms with Gasteiger partial charge in [0.15, 0.2) is 0 Å². The fraction of sp³-hybridized carbons (Fsp3) is 0.562. The Morgan fingerprint density at radius 1 is 1.32 bits per heavy atom. The van der Waals surface area contributed by atoms with Gasteiger partial charge in [-0.05, 0) is 30.0 Å². The molecule has 0 spiro atoms. The number of rotatable bonds is 5. The average molecular weight is 262 g/mol. The van der Waals surface area contributed by atoms with Crippen molar-refractivity contribution in [3.05, 3.63) is 29.8 Å². The van der Waals surface area contributed by atoms with Gasteiger partial charge in [-0.1, -0.05) is 37.8 Å². The molecule has 3 heteroatoms. The van der Waals surface area contributed by atoms with Gasteiger partial charge in [0.2, 0.25) is 0 Å². The van der Waals surface area contributed by atoms with Crippen LogP contribution in [0.25, 0.3) is 0 Å². The molecular formula is C16H22O3. The van der Waals surface area contributed by atoms with E-state index < -0.39 is 0 Å². The second-order valence-electron chi connectivity index (χ2n) is 5.24. The molecule has 1 saturated carbocycles. The van der Waals surface area contributed by atoms with E-state index in [1.165, 1.54) is 32.8 Å². The SMILES string of the molecule is COC(=O)[C@@H](CC1CCCC1)c1cccc(OC)c1. The van der Waals surface area contributed by atoms with Crippen molar-refractivity contribution in [2.75, 3.05) is 14.2 Å². The molecule has 1 aromatic rings. The van der Waals surface area contributed by atoms with E-state index in [-0.39, 0.29) is 11.9 Å². The van der Waals surface area contributed by atoms with E-state index in [1.807, 2.05) is 24.3 Å². The van der Waals surface area contributed by atoms with Crippen molar-refractivity contribution >= 4 is 5.97 Å². The third kappa shape index (κ3) is 3.49. The fourth-order valence-corrected chi connectivity index (χ4v) is 2.95. The van der Waals surface area contributed by atoms with Crippen LogP contribution in [0.3, 0.4) is 0 Å². The van der Waals surface area contributed by atoms with Crippen LogP contribution in [-0.2, 0) is 9.53 Å². The summed E-state index contributed by atoms with van der Waals surface area (Å²) in [5, 5.41) is 0. The van der Waals surface area contributed by atoms with Gasteiger partial charge in [0, 0.05) is 0 Å². The van der Waals surface area contributed by atoms with Crippen LogP contribution < -0.4 is 4.74 Å². The first-order valence-electron chi connectivity index (χ1n) is 6.96. The molecule has 0 bridgehead atoms. The number of carbonyl (C=O) groups excluding carboxylic acids is 1. The van der Waals surface area contributed by atoms with Gasteiger partial charge in [-0.15, -0.1) is 0 Å². The van der Waals surface area contributed by atoms with Crippen molar-refractivity contribution in [3.63, 3.8) is 0 Å². The minimum Gasteiger partial charge on any atom is -0.497 e. The first kappa shape index (κ1) is 13.9. The largest absolute Gasteiger partial charge is 0.497 e. The number of methoxy groups -OCH3 is 2. The molecule has 0 radical (unpaired) electrons. The molecule has 1 aliphatic carbocycles. The molecular weight excluding hydrogens is 240 g/mol. The molecule has 1 atom stereocenters. The van der Waals surface area contributed by atoms with E-state index >= 15 is 0 Å². The van der Waals surface area contributed by atoms with Crippen molar-refractivity contribution < 1.29 is 14.3 Å². The summed E-state index contributed by atoms with van der Waals surface area (Å²) >= 11 is 0. The Morgan fingerprint density at radius 2 is 2.05 bits per heavy atom. The lowest BCUT2D eigenvalue weighted by atomic mass is 9.88. The highest BCUT2D eigenvalue weighted by atomic mass is 16.5. The Balaban J connectivity index is 2.17. The summed E-state index contributed by atoms with van der Waals surface area (Å²) in [5.41, 5.74) is 0.998. The monoisotopic (exact) mass is 262 g/mol. The van der Waals surface area contributed by atoms with Gasteiger partial charge in [-0.3, -0.25) is 4.79 Å². The third-order valence-corrected chi connectivity index (χ3v) is 4.03. The first-order chi connectivity index (χ1) is 9.24. The maximum atomic E-state index is 12.0. The minimum atomic E-state index is -0.164. The van der Waals surface area contributed by atoms with Crippen LogP contribution in [0.1, 0.15) is 43.6 Å². The number of hydrogen-bond donors (Lipinski definition) is 0. The molecule has 104 valence electrons. The average Bonchev–Trinajstić information content (AvgIpc) is 2.97.